The molecule has 1 fully saturated rings. The van der Waals surface area contributed by atoms with Crippen LogP contribution < -0.4 is 4.90 Å². The lowest BCUT2D eigenvalue weighted by Crippen LogP contribution is -2.26. The van der Waals surface area contributed by atoms with E-state index in [0.29, 0.717) is 11.9 Å². The van der Waals surface area contributed by atoms with Gasteiger partial charge >= 0.3 is 0 Å². The van der Waals surface area contributed by atoms with Crippen molar-refractivity contribution >= 4 is 17.9 Å². The van der Waals surface area contributed by atoms with E-state index < -0.39 is 0 Å². The lowest BCUT2D eigenvalue weighted by Gasteiger charge is -2.13. The Hall–Kier alpha value is -1.91. The third-order valence-electron chi connectivity index (χ3n) is 3.65. The van der Waals surface area contributed by atoms with Crippen LogP contribution in [0.1, 0.15) is 25.3 Å². The number of likely N-dealkylation sites (tertiary alicyclic amines) is 1. The number of hydrogen-bond donors (Lipinski definition) is 0. The van der Waals surface area contributed by atoms with Crippen molar-refractivity contribution in [2.45, 2.75) is 19.8 Å². The largest absolute Gasteiger partial charge is 0.347 e. The molecule has 1 unspecified atom stereocenters. The van der Waals surface area contributed by atoms with Crippen LogP contribution in [-0.2, 0) is 4.79 Å². The van der Waals surface area contributed by atoms with Crippen LogP contribution in [0.2, 0.25) is 0 Å². The number of aromatic nitrogens is 2. The second kappa shape index (κ2) is 6.50. The van der Waals surface area contributed by atoms with Gasteiger partial charge in [0.1, 0.15) is 0 Å². The fraction of sp³-hybridized carbons (Fsp3) is 0.533. The minimum atomic E-state index is 0.0811. The van der Waals surface area contributed by atoms with Gasteiger partial charge in [-0.2, -0.15) is 0 Å². The number of rotatable bonds is 4. The Kier molecular flexibility index (Phi) is 4.71. The van der Waals surface area contributed by atoms with Crippen molar-refractivity contribution in [1.29, 1.82) is 0 Å². The molecule has 108 valence electrons. The van der Waals surface area contributed by atoms with Crippen LogP contribution in [0.5, 0.6) is 0 Å². The third kappa shape index (κ3) is 3.56. The normalized spacial score (nSPS) is 18.8. The van der Waals surface area contributed by atoms with Crippen LogP contribution >= 0.6 is 0 Å². The summed E-state index contributed by atoms with van der Waals surface area (Å²) < 4.78 is 0. The van der Waals surface area contributed by atoms with Gasteiger partial charge in [0.05, 0.1) is 0 Å². The molecular weight excluding hydrogens is 252 g/mol. The van der Waals surface area contributed by atoms with E-state index in [0.717, 1.165) is 31.5 Å². The van der Waals surface area contributed by atoms with Gasteiger partial charge in [-0.1, -0.05) is 13.3 Å². The van der Waals surface area contributed by atoms with E-state index in [4.69, 9.17) is 0 Å². The number of nitrogens with zero attached hydrogens (tertiary/aromatic N) is 4. The molecule has 1 atom stereocenters. The van der Waals surface area contributed by atoms with E-state index in [1.807, 2.05) is 23.9 Å². The molecule has 0 bridgehead atoms. The Balaban J connectivity index is 1.93. The van der Waals surface area contributed by atoms with Crippen molar-refractivity contribution < 1.29 is 4.79 Å². The molecule has 5 nitrogen and oxygen atoms in total. The van der Waals surface area contributed by atoms with E-state index in [9.17, 15) is 4.79 Å². The van der Waals surface area contributed by atoms with Gasteiger partial charge in [0.15, 0.2) is 0 Å². The summed E-state index contributed by atoms with van der Waals surface area (Å²) in [6.45, 7) is 3.94. The zero-order valence-corrected chi connectivity index (χ0v) is 12.4. The highest BCUT2D eigenvalue weighted by Crippen LogP contribution is 2.19. The Labute approximate surface area is 120 Å². The summed E-state index contributed by atoms with van der Waals surface area (Å²) in [7, 11) is 3.79. The lowest BCUT2D eigenvalue weighted by atomic mass is 10.1. The average molecular weight is 274 g/mol. The number of carbonyl (C=O) groups is 1. The fourth-order valence-corrected chi connectivity index (χ4v) is 2.29. The Morgan fingerprint density at radius 3 is 2.70 bits per heavy atom. The van der Waals surface area contributed by atoms with Crippen molar-refractivity contribution in [3.05, 3.63) is 24.0 Å². The topological polar surface area (TPSA) is 49.3 Å². The summed E-state index contributed by atoms with van der Waals surface area (Å²) >= 11 is 0. The minimum Gasteiger partial charge on any atom is -0.347 e. The van der Waals surface area contributed by atoms with Crippen molar-refractivity contribution in [3.63, 3.8) is 0 Å². The van der Waals surface area contributed by atoms with Crippen LogP contribution in [0.4, 0.5) is 5.95 Å². The second-order valence-corrected chi connectivity index (χ2v) is 5.39. The molecule has 0 N–H and O–H groups in total. The molecular formula is C15H22N4O. The Morgan fingerprint density at radius 2 is 2.15 bits per heavy atom. The van der Waals surface area contributed by atoms with Crippen molar-refractivity contribution in [3.8, 4) is 0 Å². The fourth-order valence-electron chi connectivity index (χ4n) is 2.29. The first-order valence-corrected chi connectivity index (χ1v) is 7.06. The smallest absolute Gasteiger partial charge is 0.246 e. The first kappa shape index (κ1) is 14.5. The maximum absolute atomic E-state index is 12.0. The predicted molar refractivity (Wildman–Crippen MR) is 80.4 cm³/mol. The molecule has 1 aliphatic heterocycles. The monoisotopic (exact) mass is 274 g/mol. The number of carbonyl (C=O) groups excluding carboxylic acids is 1. The molecule has 1 aromatic rings. The van der Waals surface area contributed by atoms with Gasteiger partial charge in [0.25, 0.3) is 0 Å². The van der Waals surface area contributed by atoms with Gasteiger partial charge in [-0.25, -0.2) is 9.97 Å². The van der Waals surface area contributed by atoms with Gasteiger partial charge in [-0.3, -0.25) is 4.79 Å². The SMILES string of the molecule is CCC1CCN(C(=O)C=Cc2cnc(N(C)C)nc2)C1. The molecule has 5 heteroatoms. The first-order chi connectivity index (χ1) is 9.60. The molecule has 0 saturated carbocycles. The highest BCUT2D eigenvalue weighted by Gasteiger charge is 2.23. The molecule has 2 heterocycles. The van der Waals surface area contributed by atoms with Crippen molar-refractivity contribution in [2.75, 3.05) is 32.1 Å². The summed E-state index contributed by atoms with van der Waals surface area (Å²) in [5, 5.41) is 0. The van der Waals surface area contributed by atoms with E-state index in [2.05, 4.69) is 16.9 Å². The molecule has 1 aliphatic rings. The molecule has 1 amide bonds. The number of amides is 1. The van der Waals surface area contributed by atoms with Gasteiger partial charge in [0.2, 0.25) is 11.9 Å². The Bertz CT molecular complexity index is 481. The van der Waals surface area contributed by atoms with Gasteiger partial charge in [-0.05, 0) is 18.4 Å². The molecule has 0 spiro atoms. The highest BCUT2D eigenvalue weighted by atomic mass is 16.2. The van der Waals surface area contributed by atoms with E-state index in [-0.39, 0.29) is 5.91 Å². The van der Waals surface area contributed by atoms with Gasteiger partial charge in [0, 0.05) is 51.2 Å². The quantitative estimate of drug-likeness (QED) is 0.786. The van der Waals surface area contributed by atoms with Crippen molar-refractivity contribution in [2.24, 2.45) is 5.92 Å². The predicted octanol–water partition coefficient (Wildman–Crippen LogP) is 1.81. The number of anilines is 1. The molecule has 0 aliphatic carbocycles. The maximum Gasteiger partial charge on any atom is 0.246 e. The molecule has 20 heavy (non-hydrogen) atoms. The summed E-state index contributed by atoms with van der Waals surface area (Å²) in [4.78, 5) is 24.2. The molecule has 0 aromatic carbocycles. The van der Waals surface area contributed by atoms with E-state index in [1.165, 1.54) is 0 Å². The minimum absolute atomic E-state index is 0.0811. The standard InChI is InChI=1S/C15H22N4O/c1-4-12-7-8-19(11-12)14(20)6-5-13-9-16-15(17-10-13)18(2)3/h5-6,9-10,12H,4,7-8,11H2,1-3H3. The highest BCUT2D eigenvalue weighted by molar-refractivity contribution is 5.91. The molecule has 1 aromatic heterocycles. The average Bonchev–Trinajstić information content (AvgIpc) is 2.94. The first-order valence-electron chi connectivity index (χ1n) is 7.06. The summed E-state index contributed by atoms with van der Waals surface area (Å²) in [5.41, 5.74) is 0.843. The summed E-state index contributed by atoms with van der Waals surface area (Å²) in [6, 6.07) is 0. The number of hydrogen-bond acceptors (Lipinski definition) is 4. The maximum atomic E-state index is 12.0. The molecule has 2 rings (SSSR count). The van der Waals surface area contributed by atoms with Crippen LogP contribution in [0.3, 0.4) is 0 Å². The zero-order chi connectivity index (χ0) is 14.5. The molecule has 1 saturated heterocycles. The van der Waals surface area contributed by atoms with E-state index in [1.54, 1.807) is 24.5 Å². The summed E-state index contributed by atoms with van der Waals surface area (Å²) in [6.07, 6.45) is 9.12. The van der Waals surface area contributed by atoms with E-state index >= 15 is 0 Å². The lowest BCUT2D eigenvalue weighted by molar-refractivity contribution is -0.125. The van der Waals surface area contributed by atoms with Crippen LogP contribution in [0.25, 0.3) is 6.08 Å². The van der Waals surface area contributed by atoms with Crippen LogP contribution in [-0.4, -0.2) is 48.0 Å². The van der Waals surface area contributed by atoms with Gasteiger partial charge in [-0.15, -0.1) is 0 Å². The molecule has 0 radical (unpaired) electrons. The van der Waals surface area contributed by atoms with Gasteiger partial charge < -0.3 is 9.80 Å². The van der Waals surface area contributed by atoms with Crippen LogP contribution in [0.15, 0.2) is 18.5 Å². The second-order valence-electron chi connectivity index (χ2n) is 5.39. The van der Waals surface area contributed by atoms with Crippen LogP contribution in [0, 0.1) is 5.92 Å². The Morgan fingerprint density at radius 1 is 1.45 bits per heavy atom. The third-order valence-corrected chi connectivity index (χ3v) is 3.65. The summed E-state index contributed by atoms with van der Waals surface area (Å²) in [5.74, 6) is 1.41. The zero-order valence-electron chi connectivity index (χ0n) is 12.4. The van der Waals surface area contributed by atoms with Crippen molar-refractivity contribution in [1.82, 2.24) is 14.9 Å².